The molecule has 0 fully saturated rings. The van der Waals surface area contributed by atoms with Crippen LogP contribution in [0.4, 0.5) is 4.39 Å². The van der Waals surface area contributed by atoms with Crippen molar-refractivity contribution >= 4 is 11.2 Å². The molecule has 0 radical (unpaired) electrons. The first-order valence-corrected chi connectivity index (χ1v) is 6.48. The predicted molar refractivity (Wildman–Crippen MR) is 76.7 cm³/mol. The lowest BCUT2D eigenvalue weighted by Gasteiger charge is -2.07. The van der Waals surface area contributed by atoms with Gasteiger partial charge < -0.3 is 10.3 Å². The summed E-state index contributed by atoms with van der Waals surface area (Å²) in [5, 5.41) is 0. The predicted octanol–water partition coefficient (Wildman–Crippen LogP) is 2.50. The maximum Gasteiger partial charge on any atom is 0.160 e. The standard InChI is InChI=1S/C15H15FN4/c1-10-7-13-15(18-9-10)20(6-5-17)14(19-13)11-3-2-4-12(16)8-11/h2-4,7-9H,5-6,17H2,1H3. The average Bonchev–Trinajstić information content (AvgIpc) is 2.77. The van der Waals surface area contributed by atoms with Crippen LogP contribution >= 0.6 is 0 Å². The van der Waals surface area contributed by atoms with Crippen LogP contribution in [0, 0.1) is 12.7 Å². The van der Waals surface area contributed by atoms with Crippen molar-refractivity contribution in [3.05, 3.63) is 47.9 Å². The molecule has 1 aromatic carbocycles. The summed E-state index contributed by atoms with van der Waals surface area (Å²) in [6, 6.07) is 8.38. The highest BCUT2D eigenvalue weighted by molar-refractivity contribution is 5.77. The van der Waals surface area contributed by atoms with E-state index in [2.05, 4.69) is 9.97 Å². The zero-order valence-electron chi connectivity index (χ0n) is 11.2. The summed E-state index contributed by atoms with van der Waals surface area (Å²) < 4.78 is 15.3. The van der Waals surface area contributed by atoms with Gasteiger partial charge in [-0.2, -0.15) is 0 Å². The summed E-state index contributed by atoms with van der Waals surface area (Å²) in [6.45, 7) is 3.04. The van der Waals surface area contributed by atoms with Gasteiger partial charge in [0, 0.05) is 24.8 Å². The van der Waals surface area contributed by atoms with Crippen LogP contribution in [0.25, 0.3) is 22.6 Å². The van der Waals surface area contributed by atoms with Crippen molar-refractivity contribution in [1.82, 2.24) is 14.5 Å². The quantitative estimate of drug-likeness (QED) is 0.795. The van der Waals surface area contributed by atoms with Gasteiger partial charge in [-0.25, -0.2) is 14.4 Å². The number of pyridine rings is 1. The van der Waals surface area contributed by atoms with E-state index in [1.54, 1.807) is 12.3 Å². The minimum absolute atomic E-state index is 0.280. The van der Waals surface area contributed by atoms with Gasteiger partial charge in [0.2, 0.25) is 0 Å². The third kappa shape index (κ3) is 2.16. The van der Waals surface area contributed by atoms with E-state index in [4.69, 9.17) is 5.73 Å². The number of rotatable bonds is 3. The molecule has 2 N–H and O–H groups in total. The van der Waals surface area contributed by atoms with Gasteiger partial charge in [0.1, 0.15) is 17.2 Å². The van der Waals surface area contributed by atoms with Crippen molar-refractivity contribution in [3.8, 4) is 11.4 Å². The molecule has 3 aromatic rings. The lowest BCUT2D eigenvalue weighted by Crippen LogP contribution is -2.11. The maximum absolute atomic E-state index is 13.4. The van der Waals surface area contributed by atoms with Gasteiger partial charge in [0.15, 0.2) is 5.65 Å². The molecule has 0 amide bonds. The molecule has 0 unspecified atom stereocenters. The number of halogens is 1. The Labute approximate surface area is 116 Å². The number of fused-ring (bicyclic) bond motifs is 1. The SMILES string of the molecule is Cc1cnc2c(c1)nc(-c1cccc(F)c1)n2CCN. The molecule has 0 aliphatic carbocycles. The molecule has 0 aliphatic heterocycles. The smallest absolute Gasteiger partial charge is 0.160 e. The topological polar surface area (TPSA) is 56.7 Å². The van der Waals surface area contributed by atoms with Gasteiger partial charge in [-0.1, -0.05) is 12.1 Å². The fourth-order valence-electron chi connectivity index (χ4n) is 2.30. The molecule has 2 heterocycles. The maximum atomic E-state index is 13.4. The molecule has 0 aliphatic rings. The van der Waals surface area contributed by atoms with Crippen molar-refractivity contribution < 1.29 is 4.39 Å². The van der Waals surface area contributed by atoms with Gasteiger partial charge in [-0.15, -0.1) is 0 Å². The molecule has 0 bridgehead atoms. The van der Waals surface area contributed by atoms with E-state index >= 15 is 0 Å². The van der Waals surface area contributed by atoms with Crippen molar-refractivity contribution in [3.63, 3.8) is 0 Å². The highest BCUT2D eigenvalue weighted by atomic mass is 19.1. The van der Waals surface area contributed by atoms with Crippen LogP contribution in [0.15, 0.2) is 36.5 Å². The number of nitrogens with two attached hydrogens (primary N) is 1. The summed E-state index contributed by atoms with van der Waals surface area (Å²) in [7, 11) is 0. The average molecular weight is 270 g/mol. The Bertz CT molecular complexity index is 764. The summed E-state index contributed by atoms with van der Waals surface area (Å²) in [5.74, 6) is 0.418. The number of hydrogen-bond donors (Lipinski definition) is 1. The van der Waals surface area contributed by atoms with E-state index in [0.29, 0.717) is 18.9 Å². The minimum Gasteiger partial charge on any atom is -0.329 e. The van der Waals surface area contributed by atoms with Crippen molar-refractivity contribution in [2.45, 2.75) is 13.5 Å². The molecule has 2 aromatic heterocycles. The Morgan fingerprint density at radius 1 is 1.30 bits per heavy atom. The zero-order chi connectivity index (χ0) is 14.1. The number of imidazole rings is 1. The van der Waals surface area contributed by atoms with Gasteiger partial charge in [-0.3, -0.25) is 0 Å². The number of aryl methyl sites for hydroxylation is 1. The molecule has 102 valence electrons. The van der Waals surface area contributed by atoms with Gasteiger partial charge >= 0.3 is 0 Å². The molecule has 20 heavy (non-hydrogen) atoms. The monoisotopic (exact) mass is 270 g/mol. The minimum atomic E-state index is -0.280. The van der Waals surface area contributed by atoms with Crippen LogP contribution in [-0.4, -0.2) is 21.1 Å². The second-order valence-corrected chi connectivity index (χ2v) is 4.74. The largest absolute Gasteiger partial charge is 0.329 e. The molecule has 5 heteroatoms. The number of nitrogens with zero attached hydrogens (tertiary/aromatic N) is 3. The second-order valence-electron chi connectivity index (χ2n) is 4.74. The number of benzene rings is 1. The van der Waals surface area contributed by atoms with Crippen LogP contribution in [0.5, 0.6) is 0 Å². The number of aromatic nitrogens is 3. The van der Waals surface area contributed by atoms with Crippen LogP contribution in [-0.2, 0) is 6.54 Å². The summed E-state index contributed by atoms with van der Waals surface area (Å²) >= 11 is 0. The first-order valence-electron chi connectivity index (χ1n) is 6.48. The lowest BCUT2D eigenvalue weighted by molar-refractivity contribution is 0.627. The Hall–Kier alpha value is -2.27. The molecule has 3 rings (SSSR count). The Morgan fingerprint density at radius 3 is 2.90 bits per heavy atom. The van der Waals surface area contributed by atoms with Gasteiger partial charge in [-0.05, 0) is 30.7 Å². The summed E-state index contributed by atoms with van der Waals surface area (Å²) in [6.07, 6.45) is 1.80. The second kappa shape index (κ2) is 5.02. The van der Waals surface area contributed by atoms with Crippen LogP contribution < -0.4 is 5.73 Å². The fraction of sp³-hybridized carbons (Fsp3) is 0.200. The Morgan fingerprint density at radius 2 is 2.15 bits per heavy atom. The molecule has 0 atom stereocenters. The van der Waals surface area contributed by atoms with E-state index in [0.717, 1.165) is 22.3 Å². The van der Waals surface area contributed by atoms with Gasteiger partial charge in [0.25, 0.3) is 0 Å². The van der Waals surface area contributed by atoms with E-state index in [9.17, 15) is 4.39 Å². The van der Waals surface area contributed by atoms with E-state index in [1.807, 2.05) is 23.6 Å². The Balaban J connectivity index is 2.25. The molecule has 4 nitrogen and oxygen atoms in total. The van der Waals surface area contributed by atoms with E-state index in [-0.39, 0.29) is 5.82 Å². The van der Waals surface area contributed by atoms with Crippen LogP contribution in [0.1, 0.15) is 5.56 Å². The molecular weight excluding hydrogens is 255 g/mol. The van der Waals surface area contributed by atoms with Crippen molar-refractivity contribution in [2.24, 2.45) is 5.73 Å². The van der Waals surface area contributed by atoms with Crippen molar-refractivity contribution in [1.29, 1.82) is 0 Å². The first-order chi connectivity index (χ1) is 9.69. The number of hydrogen-bond acceptors (Lipinski definition) is 3. The van der Waals surface area contributed by atoms with Gasteiger partial charge in [0.05, 0.1) is 0 Å². The highest BCUT2D eigenvalue weighted by Gasteiger charge is 2.13. The summed E-state index contributed by atoms with van der Waals surface area (Å²) in [4.78, 5) is 9.00. The third-order valence-electron chi connectivity index (χ3n) is 3.16. The van der Waals surface area contributed by atoms with Crippen LogP contribution in [0.2, 0.25) is 0 Å². The molecule has 0 saturated heterocycles. The fourth-order valence-corrected chi connectivity index (χ4v) is 2.30. The first kappa shape index (κ1) is 12.7. The molecule has 0 saturated carbocycles. The highest BCUT2D eigenvalue weighted by Crippen LogP contribution is 2.24. The zero-order valence-corrected chi connectivity index (χ0v) is 11.2. The molecular formula is C15H15FN4. The van der Waals surface area contributed by atoms with E-state index in [1.165, 1.54) is 12.1 Å². The lowest BCUT2D eigenvalue weighted by atomic mass is 10.2. The van der Waals surface area contributed by atoms with Crippen LogP contribution in [0.3, 0.4) is 0 Å². The van der Waals surface area contributed by atoms with Crippen molar-refractivity contribution in [2.75, 3.05) is 6.54 Å². The molecule has 0 spiro atoms. The van der Waals surface area contributed by atoms with E-state index < -0.39 is 0 Å². The normalized spacial score (nSPS) is 11.2. The third-order valence-corrected chi connectivity index (χ3v) is 3.16. The Kier molecular flexibility index (Phi) is 3.20. The summed E-state index contributed by atoms with van der Waals surface area (Å²) in [5.41, 5.74) is 9.02.